The Morgan fingerprint density at radius 2 is 0.750 bits per heavy atom. The smallest absolute Gasteiger partial charge is 0.127 e. The summed E-state index contributed by atoms with van der Waals surface area (Å²) in [5.41, 5.74) is 9.15. The molecule has 11 rings (SSSR count). The molecule has 7 aromatic carbocycles. The van der Waals surface area contributed by atoms with E-state index in [4.69, 9.17) is 11.6 Å². The molecule has 48 heavy (non-hydrogen) atoms. The van der Waals surface area contributed by atoms with E-state index in [0.717, 1.165) is 55.2 Å². The molecule has 0 unspecified atom stereocenters. The highest BCUT2D eigenvalue weighted by Crippen LogP contribution is 2.40. The summed E-state index contributed by atoms with van der Waals surface area (Å²) in [6.45, 7) is 0. The number of nitrogens with zero attached hydrogens (tertiary/aromatic N) is 4. The average molecular weight is 639 g/mol. The van der Waals surface area contributed by atoms with Crippen molar-refractivity contribution in [1.29, 1.82) is 0 Å². The summed E-state index contributed by atoms with van der Waals surface area (Å²) >= 11 is 7.51. The van der Waals surface area contributed by atoms with E-state index in [1.165, 1.54) is 21.5 Å². The molecule has 4 aromatic heterocycles. The lowest BCUT2D eigenvalue weighted by atomic mass is 10.1. The van der Waals surface area contributed by atoms with Crippen molar-refractivity contribution < 1.29 is 4.39 Å². The zero-order chi connectivity index (χ0) is 31.7. The molecule has 0 radical (unpaired) electrons. The zero-order valence-corrected chi connectivity index (χ0v) is 26.2. The molecule has 11 aromatic rings. The predicted octanol–water partition coefficient (Wildman–Crippen LogP) is 11.5. The molecule has 0 spiro atoms. The van der Waals surface area contributed by atoms with Gasteiger partial charge in [0.05, 0.1) is 49.5 Å². The highest BCUT2D eigenvalue weighted by molar-refractivity contribution is 6.34. The first-order valence-corrected chi connectivity index (χ1v) is 16.4. The summed E-state index contributed by atoms with van der Waals surface area (Å²) in [5.74, 6) is -0.361. The summed E-state index contributed by atoms with van der Waals surface area (Å²) in [5, 5.41) is 7.39. The van der Waals surface area contributed by atoms with Gasteiger partial charge in [-0.3, -0.25) is 17.9 Å². The zero-order valence-electron chi connectivity index (χ0n) is 25.4. The van der Waals surface area contributed by atoms with Crippen LogP contribution in [-0.4, -0.2) is 17.9 Å². The van der Waals surface area contributed by atoms with Crippen LogP contribution in [0.1, 0.15) is 0 Å². The van der Waals surface area contributed by atoms with Crippen molar-refractivity contribution in [3.63, 3.8) is 0 Å². The molecule has 226 valence electrons. The molecular formula is C42H24ClFN4. The van der Waals surface area contributed by atoms with E-state index < -0.39 is 0 Å². The van der Waals surface area contributed by atoms with Gasteiger partial charge in [-0.2, -0.15) is 0 Å². The largest absolute Gasteiger partial charge is 0.293 e. The number of halogens is 2. The predicted molar refractivity (Wildman–Crippen MR) is 197 cm³/mol. The normalized spacial score (nSPS) is 12.4. The average Bonchev–Trinajstić information content (AvgIpc) is 3.83. The van der Waals surface area contributed by atoms with E-state index in [-0.39, 0.29) is 5.82 Å². The molecule has 0 aliphatic rings. The Kier molecular flexibility index (Phi) is 5.04. The second kappa shape index (κ2) is 9.28. The van der Waals surface area contributed by atoms with Gasteiger partial charge in [0.1, 0.15) is 17.1 Å². The van der Waals surface area contributed by atoms with Crippen molar-refractivity contribution >= 4 is 88.3 Å². The quantitative estimate of drug-likeness (QED) is 0.179. The first kappa shape index (κ1) is 26.1. The van der Waals surface area contributed by atoms with Crippen LogP contribution in [0.25, 0.3) is 88.1 Å². The third-order valence-corrected chi connectivity index (χ3v) is 10.4. The lowest BCUT2D eigenvalue weighted by molar-refractivity contribution is 0.626. The Hall–Kier alpha value is -6.04. The topological polar surface area (TPSA) is 18.7 Å². The Morgan fingerprint density at radius 1 is 0.375 bits per heavy atom. The van der Waals surface area contributed by atoms with Crippen LogP contribution in [0.3, 0.4) is 0 Å². The Balaban J connectivity index is 1.25. The van der Waals surface area contributed by atoms with Crippen molar-refractivity contribution in [2.24, 2.45) is 0 Å². The van der Waals surface area contributed by atoms with Crippen LogP contribution in [0.2, 0.25) is 5.02 Å². The fourth-order valence-corrected chi connectivity index (χ4v) is 8.20. The van der Waals surface area contributed by atoms with Crippen molar-refractivity contribution in [2.75, 3.05) is 0 Å². The lowest BCUT2D eigenvalue weighted by Gasteiger charge is -2.15. The van der Waals surface area contributed by atoms with Crippen molar-refractivity contribution in [3.05, 3.63) is 156 Å². The number of hydrogen-bond donors (Lipinski definition) is 0. The standard InChI is InChI=1S/C42H24ClFN4/c43-42-38(47-34-15-7-5-13-32(34)45-36-19-27-11-3-1-9-25(27)17-29(36)21-40(45)47)23-31(44)24-39(42)48-35-16-8-6-14-33(35)46-37-20-28-12-4-2-10-26(28)18-30(37)22-41(46)48/h1-24H. The van der Waals surface area contributed by atoms with Crippen LogP contribution < -0.4 is 0 Å². The minimum absolute atomic E-state index is 0.361. The SMILES string of the molecule is Fc1cc(-n2c3ccccc3n3c4cc5ccccc5cc4cc23)c(Cl)c(-n2c3ccccc3n3c4cc5ccccc5cc4cc23)c1. The van der Waals surface area contributed by atoms with Gasteiger partial charge in [-0.25, -0.2) is 4.39 Å². The van der Waals surface area contributed by atoms with Crippen LogP contribution in [-0.2, 0) is 0 Å². The molecule has 0 aliphatic heterocycles. The number of fused-ring (bicyclic) bond motifs is 12. The first-order valence-electron chi connectivity index (χ1n) is 16.0. The number of aromatic nitrogens is 4. The van der Waals surface area contributed by atoms with E-state index in [2.05, 4.69) is 127 Å². The van der Waals surface area contributed by atoms with E-state index >= 15 is 4.39 Å². The van der Waals surface area contributed by atoms with Gasteiger partial charge in [-0.05, 0) is 94.3 Å². The van der Waals surface area contributed by atoms with E-state index in [1.807, 2.05) is 24.3 Å². The fourth-order valence-electron chi connectivity index (χ4n) is 7.92. The number of rotatable bonds is 2. The molecular weight excluding hydrogens is 615 g/mol. The van der Waals surface area contributed by atoms with Gasteiger partial charge in [0.25, 0.3) is 0 Å². The van der Waals surface area contributed by atoms with Gasteiger partial charge in [0, 0.05) is 10.8 Å². The lowest BCUT2D eigenvalue weighted by Crippen LogP contribution is -2.02. The summed E-state index contributed by atoms with van der Waals surface area (Å²) < 4.78 is 24.8. The highest BCUT2D eigenvalue weighted by Gasteiger charge is 2.23. The molecule has 4 nitrogen and oxygen atoms in total. The number of hydrogen-bond acceptors (Lipinski definition) is 0. The third kappa shape index (κ3) is 3.38. The van der Waals surface area contributed by atoms with Crippen LogP contribution in [0.15, 0.2) is 146 Å². The van der Waals surface area contributed by atoms with Crippen molar-refractivity contribution in [1.82, 2.24) is 17.9 Å². The van der Waals surface area contributed by atoms with Crippen LogP contribution >= 0.6 is 11.6 Å². The molecule has 0 saturated carbocycles. The number of benzene rings is 7. The Bertz CT molecular complexity index is 2950. The summed E-state index contributed by atoms with van der Waals surface area (Å²) in [4.78, 5) is 0. The highest BCUT2D eigenvalue weighted by atomic mass is 35.5. The molecule has 0 bridgehead atoms. The molecule has 0 saturated heterocycles. The molecule has 0 aliphatic carbocycles. The maximum Gasteiger partial charge on any atom is 0.127 e. The molecule has 4 heterocycles. The Labute approximate surface area is 277 Å². The van der Waals surface area contributed by atoms with Gasteiger partial charge in [0.15, 0.2) is 0 Å². The third-order valence-electron chi connectivity index (χ3n) is 9.97. The van der Waals surface area contributed by atoms with Crippen molar-refractivity contribution in [3.8, 4) is 11.4 Å². The fraction of sp³-hybridized carbons (Fsp3) is 0. The van der Waals surface area contributed by atoms with Gasteiger partial charge in [-0.15, -0.1) is 0 Å². The molecule has 0 fully saturated rings. The first-order chi connectivity index (χ1) is 23.6. The second-order valence-corrected chi connectivity index (χ2v) is 13.0. The minimum atomic E-state index is -0.361. The van der Waals surface area contributed by atoms with Gasteiger partial charge in [-0.1, -0.05) is 84.4 Å². The van der Waals surface area contributed by atoms with Gasteiger partial charge in [0.2, 0.25) is 0 Å². The number of imidazole rings is 2. The summed E-state index contributed by atoms with van der Waals surface area (Å²) in [6.07, 6.45) is 0. The molecule has 6 heteroatoms. The van der Waals surface area contributed by atoms with Crippen LogP contribution in [0.4, 0.5) is 4.39 Å². The minimum Gasteiger partial charge on any atom is -0.293 e. The van der Waals surface area contributed by atoms with Gasteiger partial charge < -0.3 is 0 Å². The van der Waals surface area contributed by atoms with Crippen molar-refractivity contribution in [2.45, 2.75) is 0 Å². The van der Waals surface area contributed by atoms with Gasteiger partial charge >= 0.3 is 0 Å². The molecule has 0 amide bonds. The summed E-state index contributed by atoms with van der Waals surface area (Å²) in [7, 11) is 0. The molecule has 0 N–H and O–H groups in total. The maximum absolute atomic E-state index is 16.1. The molecule has 0 atom stereocenters. The maximum atomic E-state index is 16.1. The van der Waals surface area contributed by atoms with E-state index in [9.17, 15) is 0 Å². The monoisotopic (exact) mass is 638 g/mol. The summed E-state index contributed by atoms with van der Waals surface area (Å²) in [6, 6.07) is 49.6. The second-order valence-electron chi connectivity index (χ2n) is 12.6. The van der Waals surface area contributed by atoms with E-state index in [1.54, 1.807) is 12.1 Å². The van der Waals surface area contributed by atoms with E-state index in [0.29, 0.717) is 16.4 Å². The van der Waals surface area contributed by atoms with Crippen LogP contribution in [0, 0.1) is 5.82 Å². The van der Waals surface area contributed by atoms with Crippen LogP contribution in [0.5, 0.6) is 0 Å². The Morgan fingerprint density at radius 3 is 1.19 bits per heavy atom. The number of para-hydroxylation sites is 4.